The molecule has 1 aromatic rings. The Bertz CT molecular complexity index is 452. The van der Waals surface area contributed by atoms with Gasteiger partial charge in [-0.15, -0.1) is 0 Å². The predicted molar refractivity (Wildman–Crippen MR) is 71.0 cm³/mol. The molecule has 0 saturated carbocycles. The van der Waals surface area contributed by atoms with Crippen LogP contribution in [0.1, 0.15) is 29.6 Å². The number of rotatable bonds is 6. The van der Waals surface area contributed by atoms with Crippen LogP contribution in [0.5, 0.6) is 5.75 Å². The van der Waals surface area contributed by atoms with Gasteiger partial charge >= 0.3 is 0 Å². The number of nitrogens with two attached hydrogens (primary N) is 1. The number of aromatic hydroxyl groups is 1. The fourth-order valence-electron chi connectivity index (χ4n) is 1.42. The molecule has 6 heteroatoms. The minimum absolute atomic E-state index is 0.0609. The van der Waals surface area contributed by atoms with E-state index in [2.05, 4.69) is 5.32 Å². The summed E-state index contributed by atoms with van der Waals surface area (Å²) in [6.45, 7) is 0.457. The number of thiocarbonyl (C=S) groups is 1. The van der Waals surface area contributed by atoms with Crippen molar-refractivity contribution in [3.8, 4) is 5.75 Å². The quantitative estimate of drug-likeness (QED) is 0.543. The van der Waals surface area contributed by atoms with E-state index < -0.39 is 11.7 Å². The van der Waals surface area contributed by atoms with Crippen molar-refractivity contribution in [3.63, 3.8) is 0 Å². The van der Waals surface area contributed by atoms with E-state index in [-0.39, 0.29) is 11.3 Å². The third kappa shape index (κ3) is 4.67. The molecule has 0 saturated heterocycles. The summed E-state index contributed by atoms with van der Waals surface area (Å²) < 4.78 is 12.7. The molecule has 18 heavy (non-hydrogen) atoms. The molecule has 4 nitrogen and oxygen atoms in total. The number of phenolic OH excluding ortho intramolecular Hbond substituents is 1. The lowest BCUT2D eigenvalue weighted by molar-refractivity contribution is 0.0950. The summed E-state index contributed by atoms with van der Waals surface area (Å²) in [5, 5.41) is 12.0. The Balaban J connectivity index is 2.39. The molecule has 98 valence electrons. The molecule has 0 atom stereocenters. The van der Waals surface area contributed by atoms with Crippen LogP contribution in [-0.4, -0.2) is 22.5 Å². The molecule has 0 aliphatic rings. The summed E-state index contributed by atoms with van der Waals surface area (Å²) in [4.78, 5) is 12.1. The van der Waals surface area contributed by atoms with E-state index in [0.29, 0.717) is 18.0 Å². The molecule has 0 bridgehead atoms. The van der Waals surface area contributed by atoms with Crippen LogP contribution in [-0.2, 0) is 0 Å². The first kappa shape index (κ1) is 14.4. The Labute approximate surface area is 110 Å². The molecule has 0 heterocycles. The molecule has 1 aromatic carbocycles. The van der Waals surface area contributed by atoms with Crippen LogP contribution in [0.2, 0.25) is 0 Å². The van der Waals surface area contributed by atoms with Gasteiger partial charge in [0.25, 0.3) is 5.91 Å². The number of carbonyl (C=O) groups excluding carboxylic acids is 1. The van der Waals surface area contributed by atoms with Crippen LogP contribution in [0, 0.1) is 5.82 Å². The maximum atomic E-state index is 12.7. The molecule has 1 amide bonds. The van der Waals surface area contributed by atoms with E-state index in [0.717, 1.165) is 25.0 Å². The van der Waals surface area contributed by atoms with Crippen molar-refractivity contribution in [2.75, 3.05) is 6.54 Å². The lowest BCUT2D eigenvalue weighted by Crippen LogP contribution is -2.24. The average Bonchev–Trinajstić information content (AvgIpc) is 2.27. The number of hydrogen-bond acceptors (Lipinski definition) is 3. The highest BCUT2D eigenvalue weighted by Gasteiger charge is 2.10. The Morgan fingerprint density at radius 1 is 1.44 bits per heavy atom. The number of unbranched alkanes of at least 4 members (excludes halogenated alkanes) is 1. The summed E-state index contributed by atoms with van der Waals surface area (Å²) in [6, 6.07) is 3.28. The van der Waals surface area contributed by atoms with Gasteiger partial charge in [-0.3, -0.25) is 4.79 Å². The largest absolute Gasteiger partial charge is 0.507 e. The van der Waals surface area contributed by atoms with Crippen LogP contribution >= 0.6 is 12.2 Å². The van der Waals surface area contributed by atoms with E-state index in [1.807, 2.05) is 0 Å². The molecule has 1 rings (SSSR count). The van der Waals surface area contributed by atoms with Gasteiger partial charge in [-0.25, -0.2) is 4.39 Å². The predicted octanol–water partition coefficient (Wildman–Crippen LogP) is 1.72. The Morgan fingerprint density at radius 2 is 2.17 bits per heavy atom. The molecular weight excluding hydrogens is 255 g/mol. The summed E-state index contributed by atoms with van der Waals surface area (Å²) in [5.74, 6) is -1.38. The maximum Gasteiger partial charge on any atom is 0.255 e. The number of hydrogen-bond donors (Lipinski definition) is 3. The lowest BCUT2D eigenvalue weighted by atomic mass is 10.1. The minimum atomic E-state index is -0.583. The van der Waals surface area contributed by atoms with Crippen molar-refractivity contribution in [1.82, 2.24) is 5.32 Å². The first-order valence-corrected chi connectivity index (χ1v) is 5.96. The second kappa shape index (κ2) is 6.90. The standard InChI is InChI=1S/C12H15FN2O2S/c13-8-4-5-9(10(16)7-8)12(17)15-6-2-1-3-11(14)18/h4-5,7,16H,1-3,6H2,(H2,14,18)(H,15,17). The zero-order chi connectivity index (χ0) is 13.5. The molecule has 0 aliphatic carbocycles. The van der Waals surface area contributed by atoms with Gasteiger partial charge in [0.05, 0.1) is 10.6 Å². The van der Waals surface area contributed by atoms with Crippen LogP contribution in [0.3, 0.4) is 0 Å². The monoisotopic (exact) mass is 270 g/mol. The zero-order valence-electron chi connectivity index (χ0n) is 9.78. The molecule has 0 aromatic heterocycles. The lowest BCUT2D eigenvalue weighted by Gasteiger charge is -2.06. The number of carbonyl (C=O) groups is 1. The Kier molecular flexibility index (Phi) is 5.51. The number of phenols is 1. The number of halogens is 1. The summed E-state index contributed by atoms with van der Waals surface area (Å²) in [7, 11) is 0. The molecule has 4 N–H and O–H groups in total. The second-order valence-corrected chi connectivity index (χ2v) is 4.37. The van der Waals surface area contributed by atoms with Crippen LogP contribution in [0.4, 0.5) is 4.39 Å². The smallest absolute Gasteiger partial charge is 0.255 e. The molecule has 0 radical (unpaired) electrons. The Hall–Kier alpha value is -1.69. The van der Waals surface area contributed by atoms with Gasteiger partial charge in [-0.2, -0.15) is 0 Å². The van der Waals surface area contributed by atoms with E-state index in [1.165, 1.54) is 6.07 Å². The highest BCUT2D eigenvalue weighted by atomic mass is 32.1. The van der Waals surface area contributed by atoms with Gasteiger partial charge in [0.15, 0.2) is 0 Å². The Morgan fingerprint density at radius 3 is 2.78 bits per heavy atom. The van der Waals surface area contributed by atoms with Gasteiger partial charge in [0, 0.05) is 12.6 Å². The second-order valence-electron chi connectivity index (χ2n) is 3.84. The topological polar surface area (TPSA) is 75.3 Å². The van der Waals surface area contributed by atoms with Crippen LogP contribution in [0.25, 0.3) is 0 Å². The van der Waals surface area contributed by atoms with E-state index in [9.17, 15) is 14.3 Å². The first-order valence-electron chi connectivity index (χ1n) is 5.55. The van der Waals surface area contributed by atoms with Gasteiger partial charge in [-0.1, -0.05) is 12.2 Å². The number of amides is 1. The van der Waals surface area contributed by atoms with Crippen molar-refractivity contribution in [2.45, 2.75) is 19.3 Å². The minimum Gasteiger partial charge on any atom is -0.507 e. The molecule has 0 aliphatic heterocycles. The van der Waals surface area contributed by atoms with E-state index in [1.54, 1.807) is 0 Å². The van der Waals surface area contributed by atoms with Crippen molar-refractivity contribution in [2.24, 2.45) is 5.73 Å². The maximum absolute atomic E-state index is 12.7. The first-order chi connectivity index (χ1) is 8.50. The van der Waals surface area contributed by atoms with Crippen LogP contribution < -0.4 is 11.1 Å². The zero-order valence-corrected chi connectivity index (χ0v) is 10.6. The van der Waals surface area contributed by atoms with Crippen molar-refractivity contribution < 1.29 is 14.3 Å². The SMILES string of the molecule is NC(=S)CCCCNC(=O)c1ccc(F)cc1O. The van der Waals surface area contributed by atoms with E-state index in [4.69, 9.17) is 18.0 Å². The highest BCUT2D eigenvalue weighted by molar-refractivity contribution is 7.80. The van der Waals surface area contributed by atoms with Gasteiger partial charge < -0.3 is 16.2 Å². The number of benzene rings is 1. The number of nitrogens with one attached hydrogen (secondary N) is 1. The fourth-order valence-corrected chi connectivity index (χ4v) is 1.56. The third-order valence-electron chi connectivity index (χ3n) is 2.34. The fraction of sp³-hybridized carbons (Fsp3) is 0.333. The molecular formula is C12H15FN2O2S. The molecule has 0 fully saturated rings. The van der Waals surface area contributed by atoms with E-state index >= 15 is 0 Å². The average molecular weight is 270 g/mol. The molecule has 0 unspecified atom stereocenters. The highest BCUT2D eigenvalue weighted by Crippen LogP contribution is 2.17. The van der Waals surface area contributed by atoms with Crippen molar-refractivity contribution in [1.29, 1.82) is 0 Å². The van der Waals surface area contributed by atoms with Gasteiger partial charge in [0.2, 0.25) is 0 Å². The normalized spacial score (nSPS) is 10.1. The van der Waals surface area contributed by atoms with Crippen LogP contribution in [0.15, 0.2) is 18.2 Å². The van der Waals surface area contributed by atoms with Gasteiger partial charge in [0.1, 0.15) is 11.6 Å². The van der Waals surface area contributed by atoms with Gasteiger partial charge in [-0.05, 0) is 31.4 Å². The van der Waals surface area contributed by atoms with Crippen molar-refractivity contribution >= 4 is 23.1 Å². The summed E-state index contributed by atoms with van der Waals surface area (Å²) >= 11 is 4.72. The third-order valence-corrected chi connectivity index (χ3v) is 2.54. The summed E-state index contributed by atoms with van der Waals surface area (Å²) in [5.41, 5.74) is 5.40. The van der Waals surface area contributed by atoms with Crippen molar-refractivity contribution in [3.05, 3.63) is 29.6 Å². The molecule has 0 spiro atoms. The summed E-state index contributed by atoms with van der Waals surface area (Å²) in [6.07, 6.45) is 2.18.